The molecule has 49 heavy (non-hydrogen) atoms. The lowest BCUT2D eigenvalue weighted by atomic mass is 10.1. The quantitative estimate of drug-likeness (QED) is 0.0933. The summed E-state index contributed by atoms with van der Waals surface area (Å²) in [5.74, 6) is -0.596. The van der Waals surface area contributed by atoms with E-state index in [1.165, 1.54) is 23.1 Å². The molecule has 0 unspecified atom stereocenters. The molecule has 0 fully saturated rings. The molecule has 0 aliphatic rings. The SMILES string of the molecule is CC(C)(C)[Si](C)(C)OCCOc1cc(F)c(Cn2nc(-c3ncc(CCCS(C)(=O)=O)c(Nc4ccncc4)n3)c3ccccc32)c(F)c1. The summed E-state index contributed by atoms with van der Waals surface area (Å²) in [7, 11) is -5.11. The minimum absolute atomic E-state index is 0.0321. The van der Waals surface area contributed by atoms with Crippen molar-refractivity contribution in [1.29, 1.82) is 0 Å². The van der Waals surface area contributed by atoms with Crippen LogP contribution in [0.15, 0.2) is 67.1 Å². The monoisotopic (exact) mass is 708 g/mol. The van der Waals surface area contributed by atoms with E-state index in [-0.39, 0.29) is 35.3 Å². The number of pyridine rings is 1. The Morgan fingerprint density at radius 2 is 1.69 bits per heavy atom. The number of para-hydroxylation sites is 1. The third-order valence-corrected chi connectivity index (χ3v) is 14.3. The van der Waals surface area contributed by atoms with Gasteiger partial charge in [-0.3, -0.25) is 9.67 Å². The van der Waals surface area contributed by atoms with Crippen LogP contribution >= 0.6 is 0 Å². The average Bonchev–Trinajstić information content (AvgIpc) is 3.39. The van der Waals surface area contributed by atoms with Crippen molar-refractivity contribution >= 4 is 40.6 Å². The van der Waals surface area contributed by atoms with Gasteiger partial charge in [-0.2, -0.15) is 5.10 Å². The molecule has 0 saturated heterocycles. The Kier molecular flexibility index (Phi) is 10.8. The Morgan fingerprint density at radius 3 is 2.37 bits per heavy atom. The minimum atomic E-state index is -3.13. The van der Waals surface area contributed by atoms with Gasteiger partial charge in [-0.15, -0.1) is 0 Å². The highest BCUT2D eigenvalue weighted by Crippen LogP contribution is 2.36. The Morgan fingerprint density at radius 1 is 1.00 bits per heavy atom. The van der Waals surface area contributed by atoms with Crippen molar-refractivity contribution in [2.75, 3.05) is 30.5 Å². The zero-order valence-electron chi connectivity index (χ0n) is 28.6. The van der Waals surface area contributed by atoms with Crippen LogP contribution in [0.2, 0.25) is 18.1 Å². The first-order valence-corrected chi connectivity index (χ1v) is 21.0. The molecule has 0 saturated carbocycles. The lowest BCUT2D eigenvalue weighted by Crippen LogP contribution is -2.41. The van der Waals surface area contributed by atoms with E-state index in [0.717, 1.165) is 11.3 Å². The molecule has 5 aromatic rings. The summed E-state index contributed by atoms with van der Waals surface area (Å²) >= 11 is 0. The maximum atomic E-state index is 15.4. The molecule has 0 amide bonds. The number of halogens is 2. The number of aromatic nitrogens is 5. The van der Waals surface area contributed by atoms with Gasteiger partial charge in [0.25, 0.3) is 0 Å². The van der Waals surface area contributed by atoms with Crippen molar-refractivity contribution in [3.63, 3.8) is 0 Å². The van der Waals surface area contributed by atoms with Crippen molar-refractivity contribution in [1.82, 2.24) is 24.7 Å². The van der Waals surface area contributed by atoms with Gasteiger partial charge in [0.15, 0.2) is 14.1 Å². The number of ether oxygens (including phenoxy) is 1. The molecule has 0 spiro atoms. The predicted molar refractivity (Wildman–Crippen MR) is 190 cm³/mol. The number of sulfone groups is 1. The second kappa shape index (κ2) is 14.7. The molecule has 0 aliphatic carbocycles. The molecule has 10 nitrogen and oxygen atoms in total. The molecular weight excluding hydrogens is 667 g/mol. The zero-order valence-corrected chi connectivity index (χ0v) is 30.4. The highest BCUT2D eigenvalue weighted by molar-refractivity contribution is 7.90. The Hall–Kier alpha value is -4.27. The average molecular weight is 709 g/mol. The maximum Gasteiger partial charge on any atom is 0.192 e. The van der Waals surface area contributed by atoms with Crippen LogP contribution in [0.3, 0.4) is 0 Å². The third kappa shape index (κ3) is 9.05. The van der Waals surface area contributed by atoms with Crippen LogP contribution in [0.4, 0.5) is 20.3 Å². The fraction of sp³-hybridized carbons (Fsp3) is 0.371. The van der Waals surface area contributed by atoms with Gasteiger partial charge >= 0.3 is 0 Å². The predicted octanol–water partition coefficient (Wildman–Crippen LogP) is 7.34. The van der Waals surface area contributed by atoms with Gasteiger partial charge in [0, 0.05) is 59.2 Å². The molecule has 3 aromatic heterocycles. The van der Waals surface area contributed by atoms with Gasteiger partial charge in [-0.25, -0.2) is 27.2 Å². The van der Waals surface area contributed by atoms with E-state index in [1.807, 2.05) is 24.3 Å². The van der Waals surface area contributed by atoms with E-state index in [9.17, 15) is 8.42 Å². The summed E-state index contributed by atoms with van der Waals surface area (Å²) in [4.78, 5) is 13.4. The summed E-state index contributed by atoms with van der Waals surface area (Å²) in [6.07, 6.45) is 6.97. The summed E-state index contributed by atoms with van der Waals surface area (Å²) < 4.78 is 67.6. The Balaban J connectivity index is 1.40. The van der Waals surface area contributed by atoms with Crippen molar-refractivity contribution < 1.29 is 26.4 Å². The summed E-state index contributed by atoms with van der Waals surface area (Å²) in [6.45, 7) is 11.0. The molecule has 14 heteroatoms. The van der Waals surface area contributed by atoms with E-state index in [2.05, 4.69) is 49.1 Å². The Bertz CT molecular complexity index is 2010. The van der Waals surface area contributed by atoms with Crippen LogP contribution in [-0.4, -0.2) is 66.7 Å². The molecule has 1 N–H and O–H groups in total. The first kappa shape index (κ1) is 36.0. The number of nitrogens with zero attached hydrogens (tertiary/aromatic N) is 5. The van der Waals surface area contributed by atoms with Crippen LogP contribution in [-0.2, 0) is 27.2 Å². The van der Waals surface area contributed by atoms with Gasteiger partial charge in [0.05, 0.1) is 24.4 Å². The molecule has 0 bridgehead atoms. The van der Waals surface area contributed by atoms with Gasteiger partial charge in [-0.05, 0) is 49.2 Å². The normalized spacial score (nSPS) is 12.4. The molecule has 5 rings (SSSR count). The van der Waals surface area contributed by atoms with E-state index in [1.54, 1.807) is 30.7 Å². The zero-order chi connectivity index (χ0) is 35.4. The van der Waals surface area contributed by atoms with Gasteiger partial charge < -0.3 is 14.5 Å². The Labute approximate surface area is 287 Å². The number of anilines is 2. The van der Waals surface area contributed by atoms with Crippen LogP contribution in [0.25, 0.3) is 22.4 Å². The van der Waals surface area contributed by atoms with Crippen molar-refractivity contribution in [2.24, 2.45) is 0 Å². The number of nitrogens with one attached hydrogen (secondary N) is 1. The van der Waals surface area contributed by atoms with Crippen molar-refractivity contribution in [3.05, 3.63) is 89.9 Å². The summed E-state index contributed by atoms with van der Waals surface area (Å²) in [5.41, 5.74) is 2.38. The van der Waals surface area contributed by atoms with E-state index < -0.39 is 29.8 Å². The lowest BCUT2D eigenvalue weighted by molar-refractivity contribution is 0.202. The minimum Gasteiger partial charge on any atom is -0.491 e. The number of aryl methyl sites for hydroxylation is 1. The second-order valence-corrected chi connectivity index (χ2v) is 20.6. The summed E-state index contributed by atoms with van der Waals surface area (Å²) in [5, 5.41) is 8.76. The lowest BCUT2D eigenvalue weighted by Gasteiger charge is -2.36. The number of hydrogen-bond acceptors (Lipinski definition) is 9. The molecule has 260 valence electrons. The van der Waals surface area contributed by atoms with Crippen LogP contribution in [0, 0.1) is 11.6 Å². The molecule has 3 heterocycles. The number of rotatable bonds is 14. The standard InChI is InChI=1S/C35H42F2N6O4SSi/c1-35(2,3)49(5,6)47-18-17-46-26-20-29(36)28(30(37)21-26)23-43-31-12-8-7-11-27(31)32(42-43)34-39-22-24(10-9-19-48(4,44)45)33(41-34)40-25-13-15-38-16-14-25/h7-8,11-16,20-22H,9-10,17-19,23H2,1-6H3,(H,38,39,40,41). The second-order valence-electron chi connectivity index (χ2n) is 13.5. The first-order chi connectivity index (χ1) is 23.1. The largest absolute Gasteiger partial charge is 0.491 e. The highest BCUT2D eigenvalue weighted by Gasteiger charge is 2.37. The van der Waals surface area contributed by atoms with Gasteiger partial charge in [0.1, 0.15) is 45.3 Å². The molecule has 0 radical (unpaired) electrons. The number of hydrogen-bond donors (Lipinski definition) is 1. The van der Waals surface area contributed by atoms with E-state index in [0.29, 0.717) is 47.7 Å². The van der Waals surface area contributed by atoms with Gasteiger partial charge in [0.2, 0.25) is 0 Å². The molecule has 0 aliphatic heterocycles. The van der Waals surface area contributed by atoms with E-state index >= 15 is 8.78 Å². The maximum absolute atomic E-state index is 15.4. The van der Waals surface area contributed by atoms with Crippen LogP contribution < -0.4 is 10.1 Å². The van der Waals surface area contributed by atoms with E-state index in [4.69, 9.17) is 19.2 Å². The van der Waals surface area contributed by atoms with Crippen LogP contribution in [0.5, 0.6) is 5.75 Å². The topological polar surface area (TPSA) is 121 Å². The smallest absolute Gasteiger partial charge is 0.192 e. The molecule has 0 atom stereocenters. The third-order valence-electron chi connectivity index (χ3n) is 8.68. The van der Waals surface area contributed by atoms with Crippen LogP contribution in [0.1, 0.15) is 38.3 Å². The van der Waals surface area contributed by atoms with Crippen molar-refractivity contribution in [2.45, 2.75) is 58.3 Å². The molecule has 2 aromatic carbocycles. The highest BCUT2D eigenvalue weighted by atomic mass is 32.2. The summed E-state index contributed by atoms with van der Waals surface area (Å²) in [6, 6.07) is 13.3. The number of fused-ring (bicyclic) bond motifs is 1. The number of benzene rings is 2. The fourth-order valence-corrected chi connectivity index (χ4v) is 6.65. The fourth-order valence-electron chi connectivity index (χ4n) is 4.96. The first-order valence-electron chi connectivity index (χ1n) is 16.0. The van der Waals surface area contributed by atoms with Crippen molar-refractivity contribution in [3.8, 4) is 17.3 Å². The molecular formula is C35H42F2N6O4SSi. The van der Waals surface area contributed by atoms with Gasteiger partial charge in [-0.1, -0.05) is 39.0 Å².